The zero-order valence-corrected chi connectivity index (χ0v) is 9.25. The first-order chi connectivity index (χ1) is 6.62. The van der Waals surface area contributed by atoms with Crippen LogP contribution in [0.4, 0.5) is 0 Å². The molecule has 0 aromatic carbocycles. The van der Waals surface area contributed by atoms with Crippen LogP contribution in [-0.2, 0) is 12.5 Å². The van der Waals surface area contributed by atoms with Gasteiger partial charge in [-0.25, -0.2) is 0 Å². The van der Waals surface area contributed by atoms with Gasteiger partial charge in [0.1, 0.15) is 0 Å². The average molecular weight is 193 g/mol. The molecule has 1 aromatic rings. The molecule has 0 aliphatic carbocycles. The summed E-state index contributed by atoms with van der Waals surface area (Å²) in [5, 5.41) is 7.81. The molecule has 0 radical (unpaired) electrons. The summed E-state index contributed by atoms with van der Waals surface area (Å²) >= 11 is 0. The standard InChI is InChI=1S/C11H19N3/c1-11(2,9-5-4-7-12-9)10-6-8-13-14(10)3/h6,8-9,12H,4-5,7H2,1-3H3. The highest BCUT2D eigenvalue weighted by Crippen LogP contribution is 2.30. The average Bonchev–Trinajstić information content (AvgIpc) is 2.72. The minimum absolute atomic E-state index is 0.182. The van der Waals surface area contributed by atoms with Crippen LogP contribution in [0.15, 0.2) is 12.3 Å². The highest BCUT2D eigenvalue weighted by Gasteiger charge is 2.34. The molecule has 0 bridgehead atoms. The highest BCUT2D eigenvalue weighted by molar-refractivity contribution is 5.17. The van der Waals surface area contributed by atoms with Gasteiger partial charge in [0.2, 0.25) is 0 Å². The smallest absolute Gasteiger partial charge is 0.0492 e. The van der Waals surface area contributed by atoms with Crippen LogP contribution in [0.5, 0.6) is 0 Å². The van der Waals surface area contributed by atoms with Crippen molar-refractivity contribution in [1.82, 2.24) is 15.1 Å². The molecule has 1 unspecified atom stereocenters. The Kier molecular flexibility index (Phi) is 2.35. The molecular formula is C11H19N3. The van der Waals surface area contributed by atoms with Crippen molar-refractivity contribution in [2.24, 2.45) is 7.05 Å². The van der Waals surface area contributed by atoms with Gasteiger partial charge in [-0.15, -0.1) is 0 Å². The quantitative estimate of drug-likeness (QED) is 0.770. The van der Waals surface area contributed by atoms with Crippen LogP contribution in [0.25, 0.3) is 0 Å². The summed E-state index contributed by atoms with van der Waals surface area (Å²) in [5.74, 6) is 0. The zero-order valence-electron chi connectivity index (χ0n) is 9.25. The van der Waals surface area contributed by atoms with Crippen LogP contribution in [0, 0.1) is 0 Å². The third kappa shape index (κ3) is 1.46. The van der Waals surface area contributed by atoms with Crippen molar-refractivity contribution in [3.8, 4) is 0 Å². The number of hydrogen-bond donors (Lipinski definition) is 1. The van der Waals surface area contributed by atoms with E-state index in [1.54, 1.807) is 0 Å². The van der Waals surface area contributed by atoms with E-state index in [9.17, 15) is 0 Å². The Morgan fingerprint density at radius 1 is 1.57 bits per heavy atom. The molecule has 1 aliphatic rings. The summed E-state index contributed by atoms with van der Waals surface area (Å²) in [5.41, 5.74) is 1.50. The molecule has 78 valence electrons. The minimum Gasteiger partial charge on any atom is -0.313 e. The predicted octanol–water partition coefficient (Wildman–Crippen LogP) is 1.45. The van der Waals surface area contributed by atoms with E-state index in [-0.39, 0.29) is 5.41 Å². The number of hydrogen-bond acceptors (Lipinski definition) is 2. The predicted molar refractivity (Wildman–Crippen MR) is 57.3 cm³/mol. The van der Waals surface area contributed by atoms with Gasteiger partial charge in [-0.05, 0) is 25.5 Å². The first-order valence-corrected chi connectivity index (χ1v) is 5.34. The van der Waals surface area contributed by atoms with E-state index >= 15 is 0 Å². The molecule has 3 heteroatoms. The number of aryl methyl sites for hydroxylation is 1. The molecule has 2 rings (SSSR count). The van der Waals surface area contributed by atoms with Crippen molar-refractivity contribution in [2.45, 2.75) is 38.1 Å². The molecule has 0 spiro atoms. The Morgan fingerprint density at radius 3 is 2.86 bits per heavy atom. The molecule has 1 saturated heterocycles. The molecular weight excluding hydrogens is 174 g/mol. The third-order valence-electron chi connectivity index (χ3n) is 3.41. The summed E-state index contributed by atoms with van der Waals surface area (Å²) < 4.78 is 1.99. The molecule has 1 atom stereocenters. The van der Waals surface area contributed by atoms with E-state index in [2.05, 4.69) is 30.3 Å². The van der Waals surface area contributed by atoms with Gasteiger partial charge >= 0.3 is 0 Å². The second-order valence-electron chi connectivity index (χ2n) is 4.71. The van der Waals surface area contributed by atoms with Crippen molar-refractivity contribution < 1.29 is 0 Å². The largest absolute Gasteiger partial charge is 0.313 e. The van der Waals surface area contributed by atoms with Crippen molar-refractivity contribution in [3.63, 3.8) is 0 Å². The maximum atomic E-state index is 4.24. The highest BCUT2D eigenvalue weighted by atomic mass is 15.3. The first kappa shape index (κ1) is 9.71. The lowest BCUT2D eigenvalue weighted by molar-refractivity contribution is 0.355. The van der Waals surface area contributed by atoms with Crippen LogP contribution >= 0.6 is 0 Å². The number of nitrogens with one attached hydrogen (secondary N) is 1. The van der Waals surface area contributed by atoms with E-state index < -0.39 is 0 Å². The van der Waals surface area contributed by atoms with E-state index in [1.165, 1.54) is 18.5 Å². The molecule has 1 N–H and O–H groups in total. The third-order valence-corrected chi connectivity index (χ3v) is 3.41. The van der Waals surface area contributed by atoms with Crippen LogP contribution in [0.1, 0.15) is 32.4 Å². The fourth-order valence-corrected chi connectivity index (χ4v) is 2.48. The Labute approximate surface area is 85.5 Å². The van der Waals surface area contributed by atoms with Gasteiger partial charge in [-0.2, -0.15) is 5.10 Å². The van der Waals surface area contributed by atoms with Crippen LogP contribution in [-0.4, -0.2) is 22.4 Å². The van der Waals surface area contributed by atoms with Gasteiger partial charge in [-0.1, -0.05) is 13.8 Å². The Bertz CT molecular complexity index is 308. The Morgan fingerprint density at radius 2 is 2.36 bits per heavy atom. The molecule has 1 aromatic heterocycles. The van der Waals surface area contributed by atoms with Crippen molar-refractivity contribution in [3.05, 3.63) is 18.0 Å². The lowest BCUT2D eigenvalue weighted by Gasteiger charge is -2.31. The van der Waals surface area contributed by atoms with Gasteiger partial charge in [0.25, 0.3) is 0 Å². The number of rotatable bonds is 2. The van der Waals surface area contributed by atoms with Crippen molar-refractivity contribution in [1.29, 1.82) is 0 Å². The van der Waals surface area contributed by atoms with E-state index in [0.29, 0.717) is 6.04 Å². The SMILES string of the molecule is Cn1nccc1C(C)(C)C1CCCN1. The van der Waals surface area contributed by atoms with E-state index in [0.717, 1.165) is 6.54 Å². The summed E-state index contributed by atoms with van der Waals surface area (Å²) in [4.78, 5) is 0. The molecule has 2 heterocycles. The molecule has 14 heavy (non-hydrogen) atoms. The Balaban J connectivity index is 2.26. The fraction of sp³-hybridized carbons (Fsp3) is 0.727. The summed E-state index contributed by atoms with van der Waals surface area (Å²) in [6.07, 6.45) is 4.45. The van der Waals surface area contributed by atoms with E-state index in [4.69, 9.17) is 0 Å². The van der Waals surface area contributed by atoms with Gasteiger partial charge in [0.05, 0.1) is 0 Å². The molecule has 1 fully saturated rings. The zero-order chi connectivity index (χ0) is 10.2. The number of aromatic nitrogens is 2. The maximum Gasteiger partial charge on any atom is 0.0492 e. The fourth-order valence-electron chi connectivity index (χ4n) is 2.48. The van der Waals surface area contributed by atoms with Gasteiger partial charge in [-0.3, -0.25) is 4.68 Å². The molecule has 1 aliphatic heterocycles. The molecule has 0 amide bonds. The summed E-state index contributed by atoms with van der Waals surface area (Å²) in [7, 11) is 2.02. The van der Waals surface area contributed by atoms with Crippen LogP contribution < -0.4 is 5.32 Å². The second kappa shape index (κ2) is 3.39. The molecule has 0 saturated carbocycles. The van der Waals surface area contributed by atoms with Crippen molar-refractivity contribution >= 4 is 0 Å². The Hall–Kier alpha value is -0.830. The second-order valence-corrected chi connectivity index (χ2v) is 4.71. The van der Waals surface area contributed by atoms with Crippen LogP contribution in [0.2, 0.25) is 0 Å². The lowest BCUT2D eigenvalue weighted by Crippen LogP contribution is -2.41. The minimum atomic E-state index is 0.182. The van der Waals surface area contributed by atoms with Gasteiger partial charge < -0.3 is 5.32 Å². The first-order valence-electron chi connectivity index (χ1n) is 5.34. The normalized spacial score (nSPS) is 22.9. The maximum absolute atomic E-state index is 4.24. The topological polar surface area (TPSA) is 29.9 Å². The van der Waals surface area contributed by atoms with Crippen LogP contribution in [0.3, 0.4) is 0 Å². The lowest BCUT2D eigenvalue weighted by atomic mass is 9.80. The van der Waals surface area contributed by atoms with Crippen molar-refractivity contribution in [2.75, 3.05) is 6.54 Å². The summed E-state index contributed by atoms with van der Waals surface area (Å²) in [6, 6.07) is 2.72. The van der Waals surface area contributed by atoms with Gasteiger partial charge in [0.15, 0.2) is 0 Å². The van der Waals surface area contributed by atoms with E-state index in [1.807, 2.05) is 17.9 Å². The van der Waals surface area contributed by atoms with Gasteiger partial charge in [0, 0.05) is 30.4 Å². The monoisotopic (exact) mass is 193 g/mol. The number of nitrogens with zero attached hydrogens (tertiary/aromatic N) is 2. The summed E-state index contributed by atoms with van der Waals surface area (Å²) in [6.45, 7) is 5.76. The molecule has 3 nitrogen and oxygen atoms in total.